The van der Waals surface area contributed by atoms with Crippen LogP contribution in [-0.2, 0) is 6.54 Å². The van der Waals surface area contributed by atoms with Gasteiger partial charge in [-0.3, -0.25) is 0 Å². The average molecular weight is 390 g/mol. The van der Waals surface area contributed by atoms with Gasteiger partial charge in [-0.2, -0.15) is 0 Å². The van der Waals surface area contributed by atoms with E-state index < -0.39 is 0 Å². The molecule has 2 aromatic carbocycles. The third kappa shape index (κ3) is 5.47. The van der Waals surface area contributed by atoms with Crippen molar-refractivity contribution in [1.82, 2.24) is 9.97 Å². The minimum absolute atomic E-state index is 0.760. The smallest absolute Gasteiger partial charge is 0.136 e. The van der Waals surface area contributed by atoms with Crippen LogP contribution in [-0.4, -0.2) is 29.6 Å². The van der Waals surface area contributed by atoms with Crippen molar-refractivity contribution in [3.8, 4) is 0 Å². The van der Waals surface area contributed by atoms with E-state index in [4.69, 9.17) is 0 Å². The molecule has 29 heavy (non-hydrogen) atoms. The molecule has 0 amide bonds. The van der Waals surface area contributed by atoms with Gasteiger partial charge in [0, 0.05) is 43.6 Å². The Morgan fingerprint density at radius 2 is 1.45 bits per heavy atom. The molecule has 5 heteroatoms. The first kappa shape index (κ1) is 20.6. The molecule has 5 nitrogen and oxygen atoms in total. The first-order valence-corrected chi connectivity index (χ1v) is 10.4. The van der Waals surface area contributed by atoms with Crippen LogP contribution in [0.4, 0.5) is 23.0 Å². The fourth-order valence-electron chi connectivity index (χ4n) is 3.43. The molecule has 0 saturated heterocycles. The maximum absolute atomic E-state index is 4.67. The second-order valence-corrected chi connectivity index (χ2v) is 7.00. The predicted molar refractivity (Wildman–Crippen MR) is 123 cm³/mol. The fourth-order valence-corrected chi connectivity index (χ4v) is 3.43. The minimum atomic E-state index is 0.760. The van der Waals surface area contributed by atoms with Crippen LogP contribution in [0.2, 0.25) is 0 Å². The molecule has 0 unspecified atom stereocenters. The molecule has 0 radical (unpaired) electrons. The van der Waals surface area contributed by atoms with Crippen molar-refractivity contribution < 1.29 is 0 Å². The Bertz CT molecular complexity index is 889. The summed E-state index contributed by atoms with van der Waals surface area (Å²) in [4.78, 5) is 13.8. The van der Waals surface area contributed by atoms with E-state index in [0.717, 1.165) is 49.3 Å². The third-order valence-corrected chi connectivity index (χ3v) is 5.01. The quantitative estimate of drug-likeness (QED) is 0.531. The lowest BCUT2D eigenvalue weighted by atomic mass is 10.2. The van der Waals surface area contributed by atoms with E-state index in [1.54, 1.807) is 0 Å². The van der Waals surface area contributed by atoms with E-state index >= 15 is 0 Å². The van der Waals surface area contributed by atoms with Gasteiger partial charge in [-0.1, -0.05) is 30.3 Å². The van der Waals surface area contributed by atoms with Gasteiger partial charge in [-0.15, -0.1) is 0 Å². The van der Waals surface area contributed by atoms with Crippen molar-refractivity contribution in [2.45, 2.75) is 34.2 Å². The Hall–Kier alpha value is -3.08. The molecule has 0 bridgehead atoms. The number of aryl methyl sites for hydroxylation is 1. The van der Waals surface area contributed by atoms with Crippen molar-refractivity contribution in [2.75, 3.05) is 34.8 Å². The highest BCUT2D eigenvalue weighted by Crippen LogP contribution is 2.23. The van der Waals surface area contributed by atoms with E-state index in [9.17, 15) is 0 Å². The van der Waals surface area contributed by atoms with Gasteiger partial charge in [-0.05, 0) is 57.5 Å². The monoisotopic (exact) mass is 389 g/mol. The third-order valence-electron chi connectivity index (χ3n) is 5.01. The molecule has 0 atom stereocenters. The Morgan fingerprint density at radius 3 is 2.07 bits per heavy atom. The van der Waals surface area contributed by atoms with Crippen LogP contribution in [0.5, 0.6) is 0 Å². The molecule has 3 aromatic rings. The van der Waals surface area contributed by atoms with E-state index in [0.29, 0.717) is 0 Å². The van der Waals surface area contributed by atoms with Crippen LogP contribution >= 0.6 is 0 Å². The molecule has 3 rings (SSSR count). The maximum Gasteiger partial charge on any atom is 0.136 e. The summed E-state index contributed by atoms with van der Waals surface area (Å²) in [6.45, 7) is 12.2. The van der Waals surface area contributed by atoms with Gasteiger partial charge in [0.15, 0.2) is 0 Å². The van der Waals surface area contributed by atoms with Gasteiger partial charge >= 0.3 is 0 Å². The van der Waals surface area contributed by atoms with Crippen molar-refractivity contribution in [2.24, 2.45) is 0 Å². The lowest BCUT2D eigenvalue weighted by Gasteiger charge is -2.23. The molecule has 0 aliphatic carbocycles. The zero-order valence-corrected chi connectivity index (χ0v) is 17.9. The lowest BCUT2D eigenvalue weighted by Crippen LogP contribution is -2.23. The zero-order valence-electron chi connectivity index (χ0n) is 17.9. The van der Waals surface area contributed by atoms with Crippen molar-refractivity contribution in [1.29, 1.82) is 0 Å². The summed E-state index contributed by atoms with van der Waals surface area (Å²) in [5.41, 5.74) is 3.53. The van der Waals surface area contributed by atoms with Crippen molar-refractivity contribution in [3.63, 3.8) is 0 Å². The number of nitrogens with zero attached hydrogens (tertiary/aromatic N) is 4. The van der Waals surface area contributed by atoms with E-state index in [1.807, 2.05) is 19.1 Å². The van der Waals surface area contributed by atoms with E-state index in [-0.39, 0.29) is 0 Å². The van der Waals surface area contributed by atoms with Gasteiger partial charge < -0.3 is 15.1 Å². The maximum atomic E-state index is 4.67. The largest absolute Gasteiger partial charge is 0.372 e. The highest BCUT2D eigenvalue weighted by molar-refractivity contribution is 5.63. The van der Waals surface area contributed by atoms with Gasteiger partial charge in [0.1, 0.15) is 17.5 Å². The van der Waals surface area contributed by atoms with E-state index in [1.165, 1.54) is 11.3 Å². The molecule has 0 aliphatic rings. The summed E-state index contributed by atoms with van der Waals surface area (Å²) in [6.07, 6.45) is 0. The highest BCUT2D eigenvalue weighted by Gasteiger charge is 2.10. The van der Waals surface area contributed by atoms with Crippen molar-refractivity contribution in [3.05, 3.63) is 72.1 Å². The first-order chi connectivity index (χ1) is 14.1. The average Bonchev–Trinajstić information content (AvgIpc) is 2.74. The summed E-state index contributed by atoms with van der Waals surface area (Å²) in [6, 6.07) is 21.0. The molecule has 152 valence electrons. The summed E-state index contributed by atoms with van der Waals surface area (Å²) < 4.78 is 0. The van der Waals surface area contributed by atoms with Gasteiger partial charge in [0.2, 0.25) is 0 Å². The number of nitrogens with one attached hydrogen (secondary N) is 1. The number of hydrogen-bond donors (Lipinski definition) is 1. The summed E-state index contributed by atoms with van der Waals surface area (Å²) in [7, 11) is 0. The molecular formula is C24H31N5. The van der Waals surface area contributed by atoms with Gasteiger partial charge in [-0.25, -0.2) is 9.97 Å². The van der Waals surface area contributed by atoms with Crippen LogP contribution in [0.3, 0.4) is 0 Å². The Morgan fingerprint density at radius 1 is 0.793 bits per heavy atom. The van der Waals surface area contributed by atoms with Crippen LogP contribution < -0.4 is 15.1 Å². The SMILES string of the molecule is CCN(CC)c1ccc(Nc2cc(N(CC)Cc3ccccc3)nc(C)n2)cc1. The van der Waals surface area contributed by atoms with E-state index in [2.05, 4.69) is 94.4 Å². The zero-order chi connectivity index (χ0) is 20.6. The molecule has 1 N–H and O–H groups in total. The minimum Gasteiger partial charge on any atom is -0.372 e. The Balaban J connectivity index is 1.77. The predicted octanol–water partition coefficient (Wildman–Crippen LogP) is 5.40. The lowest BCUT2D eigenvalue weighted by molar-refractivity contribution is 0.805. The standard InChI is InChI=1S/C24H31N5/c1-5-28(6-2)22-15-13-21(14-16-22)27-23-17-24(26-19(4)25-23)29(7-3)18-20-11-9-8-10-12-20/h8-17H,5-7,18H2,1-4H3,(H,25,26,27). The molecular weight excluding hydrogens is 358 g/mol. The first-order valence-electron chi connectivity index (χ1n) is 10.4. The van der Waals surface area contributed by atoms with Crippen LogP contribution in [0.25, 0.3) is 0 Å². The summed E-state index contributed by atoms with van der Waals surface area (Å²) in [5, 5.41) is 3.43. The topological polar surface area (TPSA) is 44.3 Å². The number of benzene rings is 2. The Kier molecular flexibility index (Phi) is 7.06. The van der Waals surface area contributed by atoms with Gasteiger partial charge in [0.25, 0.3) is 0 Å². The normalized spacial score (nSPS) is 10.6. The number of rotatable bonds is 9. The molecule has 0 aliphatic heterocycles. The highest BCUT2D eigenvalue weighted by atomic mass is 15.2. The number of anilines is 4. The fraction of sp³-hybridized carbons (Fsp3) is 0.333. The number of hydrogen-bond acceptors (Lipinski definition) is 5. The second-order valence-electron chi connectivity index (χ2n) is 7.00. The molecule has 1 heterocycles. The molecule has 0 spiro atoms. The molecule has 0 fully saturated rings. The van der Waals surface area contributed by atoms with Crippen molar-refractivity contribution >= 4 is 23.0 Å². The second kappa shape index (κ2) is 9.92. The molecule has 1 aromatic heterocycles. The van der Waals surface area contributed by atoms with Crippen LogP contribution in [0, 0.1) is 6.92 Å². The molecule has 0 saturated carbocycles. The van der Waals surface area contributed by atoms with Crippen LogP contribution in [0.1, 0.15) is 32.2 Å². The Labute approximate surface area is 174 Å². The van der Waals surface area contributed by atoms with Gasteiger partial charge in [0.05, 0.1) is 0 Å². The summed E-state index contributed by atoms with van der Waals surface area (Å²) in [5.74, 6) is 2.51. The number of aromatic nitrogens is 2. The summed E-state index contributed by atoms with van der Waals surface area (Å²) >= 11 is 0. The van der Waals surface area contributed by atoms with Crippen LogP contribution in [0.15, 0.2) is 60.7 Å².